The average molecular weight is 845 g/mol. The quantitative estimate of drug-likeness (QED) is 0.104. The summed E-state index contributed by atoms with van der Waals surface area (Å²) in [6.45, 7) is 2.72. The van der Waals surface area contributed by atoms with E-state index in [4.69, 9.17) is 4.74 Å². The minimum absolute atomic E-state index is 0.0222. The number of carbonyl (C=O) groups excluding carboxylic acids is 2. The number of aromatic hydroxyl groups is 1. The Kier molecular flexibility index (Phi) is 12.7. The molecule has 5 rings (SSSR count). The van der Waals surface area contributed by atoms with Crippen LogP contribution in [0.5, 0.6) is 5.75 Å². The van der Waals surface area contributed by atoms with Gasteiger partial charge in [0.2, 0.25) is 5.91 Å². The first-order valence-electron chi connectivity index (χ1n) is 16.9. The molecule has 17 heteroatoms. The van der Waals surface area contributed by atoms with Gasteiger partial charge in [-0.15, -0.1) is 0 Å². The molecule has 0 aliphatic carbocycles. The number of nitrogens with one attached hydrogen (secondary N) is 1. The Bertz CT molecular complexity index is 2120. The van der Waals surface area contributed by atoms with E-state index < -0.39 is 94.2 Å². The molecule has 2 atom stereocenters. The maximum absolute atomic E-state index is 16.1. The summed E-state index contributed by atoms with van der Waals surface area (Å²) in [5.41, 5.74) is -5.27. The zero-order chi connectivity index (χ0) is 40.4. The van der Waals surface area contributed by atoms with E-state index in [1.807, 2.05) is 0 Å². The molecule has 0 bridgehead atoms. The smallest absolute Gasteiger partial charge is 0.416 e. The van der Waals surface area contributed by atoms with E-state index in [9.17, 15) is 45.8 Å². The lowest BCUT2D eigenvalue weighted by Gasteiger charge is -2.34. The number of alkyl halides is 6. The summed E-state index contributed by atoms with van der Waals surface area (Å²) in [5, 5.41) is 13.0. The fourth-order valence-electron chi connectivity index (χ4n) is 6.50. The van der Waals surface area contributed by atoms with Crippen molar-refractivity contribution in [1.29, 1.82) is 0 Å². The second kappa shape index (κ2) is 16.9. The Morgan fingerprint density at radius 3 is 2.35 bits per heavy atom. The van der Waals surface area contributed by atoms with Crippen LogP contribution in [0.25, 0.3) is 11.1 Å². The van der Waals surface area contributed by atoms with Crippen LogP contribution in [0.3, 0.4) is 0 Å². The zero-order valence-corrected chi connectivity index (χ0v) is 30.8. The number of benzene rings is 3. The Morgan fingerprint density at radius 2 is 1.73 bits per heavy atom. The lowest BCUT2D eigenvalue weighted by molar-refractivity contribution is -0.144. The number of esters is 1. The van der Waals surface area contributed by atoms with Gasteiger partial charge in [-0.25, -0.2) is 22.0 Å². The number of ether oxygens (including phenoxy) is 1. The van der Waals surface area contributed by atoms with Crippen LogP contribution in [0.2, 0.25) is 0 Å². The third-order valence-electron chi connectivity index (χ3n) is 9.13. The summed E-state index contributed by atoms with van der Waals surface area (Å²) in [6, 6.07) is 5.64. The van der Waals surface area contributed by atoms with Gasteiger partial charge in [0.15, 0.2) is 0 Å². The zero-order valence-electron chi connectivity index (χ0n) is 29.2. The predicted octanol–water partition coefficient (Wildman–Crippen LogP) is 8.12. The lowest BCUT2D eigenvalue weighted by atomic mass is 9.91. The van der Waals surface area contributed by atoms with Crippen molar-refractivity contribution in [1.82, 2.24) is 14.8 Å². The molecule has 8 nitrogen and oxygen atoms in total. The van der Waals surface area contributed by atoms with Crippen LogP contribution in [-0.4, -0.2) is 58.9 Å². The molecule has 1 amide bonds. The van der Waals surface area contributed by atoms with E-state index in [0.717, 1.165) is 30.5 Å². The van der Waals surface area contributed by atoms with Crippen molar-refractivity contribution in [3.63, 3.8) is 0 Å². The summed E-state index contributed by atoms with van der Waals surface area (Å²) in [4.78, 5) is 42.4. The van der Waals surface area contributed by atoms with Gasteiger partial charge in [-0.3, -0.25) is 23.9 Å². The number of hydrogen-bond donors (Lipinski definition) is 2. The number of aryl methyl sites for hydroxylation is 1. The summed E-state index contributed by atoms with van der Waals surface area (Å²) in [7, 11) is 0. The van der Waals surface area contributed by atoms with Crippen LogP contribution >= 0.6 is 15.9 Å². The summed E-state index contributed by atoms with van der Waals surface area (Å²) in [6.07, 6.45) is -10.1. The van der Waals surface area contributed by atoms with E-state index >= 15 is 8.78 Å². The standard InChI is InChI=1S/C38H34BrF8N3O5/c1-3-55-32(53)15-29(25-11-21(12-26(34(25)42)36(43)44)33-19(2)5-4-6-30(33)51)48-37(54)35(24-13-22(39)7-8-28(24)41)50-16-20(9-10-49-17-23(40)18-49)27(14-31(50)52)38(45,46)47/h4-8,11-14,16,23,29,35-36,51H,3,9-10,15,17-18H2,1-2H3,(H,48,54)/t29-,35?/m0/s1. The van der Waals surface area contributed by atoms with Crippen molar-refractivity contribution >= 4 is 27.8 Å². The third-order valence-corrected chi connectivity index (χ3v) is 9.62. The molecule has 1 fully saturated rings. The lowest BCUT2D eigenvalue weighted by Crippen LogP contribution is -2.49. The van der Waals surface area contributed by atoms with Crippen LogP contribution in [0.15, 0.2) is 70.1 Å². The van der Waals surface area contributed by atoms with Crippen LogP contribution in [0, 0.1) is 18.6 Å². The summed E-state index contributed by atoms with van der Waals surface area (Å²) < 4.78 is 122. The van der Waals surface area contributed by atoms with Gasteiger partial charge in [0.1, 0.15) is 29.6 Å². The van der Waals surface area contributed by atoms with E-state index in [2.05, 4.69) is 21.2 Å². The number of nitrogens with zero attached hydrogens (tertiary/aromatic N) is 2. The fourth-order valence-corrected chi connectivity index (χ4v) is 6.88. The maximum Gasteiger partial charge on any atom is 0.416 e. The second-order valence-corrected chi connectivity index (χ2v) is 13.9. The van der Waals surface area contributed by atoms with Crippen LogP contribution in [0.4, 0.5) is 35.1 Å². The van der Waals surface area contributed by atoms with Crippen LogP contribution in [-0.2, 0) is 26.9 Å². The van der Waals surface area contributed by atoms with Gasteiger partial charge in [0, 0.05) is 53.1 Å². The molecule has 3 aromatic carbocycles. The molecule has 1 saturated heterocycles. The number of pyridine rings is 1. The SMILES string of the molecule is CCOC(=O)C[C@H](NC(=O)C(c1cc(Br)ccc1F)n1cc(CCN2CC(F)C2)c(C(F)(F)F)cc1=O)c1cc(-c2c(C)cccc2O)cc(C(F)F)c1F. The number of likely N-dealkylation sites (tertiary alicyclic amines) is 1. The molecule has 0 spiro atoms. The average Bonchev–Trinajstić information content (AvgIpc) is 3.08. The fraction of sp³-hybridized carbons (Fsp3) is 0.342. The van der Waals surface area contributed by atoms with Gasteiger partial charge in [0.05, 0.1) is 30.2 Å². The molecule has 55 heavy (non-hydrogen) atoms. The van der Waals surface area contributed by atoms with E-state index in [-0.39, 0.29) is 60.1 Å². The van der Waals surface area contributed by atoms with Crippen molar-refractivity contribution < 1.29 is 54.6 Å². The number of rotatable bonds is 13. The number of phenols is 1. The van der Waals surface area contributed by atoms with Gasteiger partial charge >= 0.3 is 12.1 Å². The molecule has 2 heterocycles. The molecule has 294 valence electrons. The predicted molar refractivity (Wildman–Crippen MR) is 188 cm³/mol. The normalized spacial score (nSPS) is 14.8. The molecular formula is C38H34BrF8N3O5. The van der Waals surface area contributed by atoms with Crippen LogP contribution in [0.1, 0.15) is 65.2 Å². The molecule has 1 unspecified atom stereocenters. The first kappa shape index (κ1) is 41.4. The van der Waals surface area contributed by atoms with Crippen molar-refractivity contribution in [2.45, 2.75) is 57.5 Å². The highest BCUT2D eigenvalue weighted by Gasteiger charge is 2.38. The number of hydrogen-bond acceptors (Lipinski definition) is 6. The van der Waals surface area contributed by atoms with Crippen molar-refractivity contribution in [2.24, 2.45) is 0 Å². The number of halogens is 9. The Hall–Kier alpha value is -4.77. The number of phenolic OH excluding ortho intramolecular Hbond substituents is 1. The van der Waals surface area contributed by atoms with Gasteiger partial charge in [-0.2, -0.15) is 13.2 Å². The van der Waals surface area contributed by atoms with E-state index in [0.29, 0.717) is 10.1 Å². The number of carbonyl (C=O) groups is 2. The van der Waals surface area contributed by atoms with Gasteiger partial charge in [-0.05, 0) is 73.4 Å². The molecule has 0 saturated carbocycles. The molecular weight excluding hydrogens is 810 g/mol. The number of amides is 1. The maximum atomic E-state index is 16.1. The van der Waals surface area contributed by atoms with E-state index in [1.165, 1.54) is 30.0 Å². The Balaban J connectivity index is 1.69. The van der Waals surface area contributed by atoms with Crippen molar-refractivity contribution in [3.8, 4) is 16.9 Å². The largest absolute Gasteiger partial charge is 0.507 e. The molecule has 2 N–H and O–H groups in total. The van der Waals surface area contributed by atoms with Gasteiger partial charge in [0.25, 0.3) is 12.0 Å². The second-order valence-electron chi connectivity index (χ2n) is 12.9. The monoisotopic (exact) mass is 843 g/mol. The Labute approximate surface area is 317 Å². The van der Waals surface area contributed by atoms with Gasteiger partial charge < -0.3 is 15.2 Å². The minimum atomic E-state index is -5.04. The highest BCUT2D eigenvalue weighted by Crippen LogP contribution is 2.39. The summed E-state index contributed by atoms with van der Waals surface area (Å²) >= 11 is 3.15. The summed E-state index contributed by atoms with van der Waals surface area (Å²) in [5.74, 6) is -5.36. The third kappa shape index (κ3) is 9.37. The van der Waals surface area contributed by atoms with Gasteiger partial charge in [-0.1, -0.05) is 28.1 Å². The highest BCUT2D eigenvalue weighted by atomic mass is 79.9. The molecule has 1 aromatic heterocycles. The molecule has 1 aliphatic rings. The van der Waals surface area contributed by atoms with Crippen molar-refractivity contribution in [3.05, 3.63) is 121 Å². The highest BCUT2D eigenvalue weighted by molar-refractivity contribution is 9.10. The van der Waals surface area contributed by atoms with Crippen molar-refractivity contribution in [2.75, 3.05) is 26.2 Å². The molecule has 4 aromatic rings. The van der Waals surface area contributed by atoms with E-state index in [1.54, 1.807) is 13.0 Å². The minimum Gasteiger partial charge on any atom is -0.507 e. The first-order valence-corrected chi connectivity index (χ1v) is 17.7. The first-order chi connectivity index (χ1) is 25.9. The Morgan fingerprint density at radius 1 is 1.04 bits per heavy atom. The molecule has 0 radical (unpaired) electrons. The number of aromatic nitrogens is 1. The molecule has 1 aliphatic heterocycles. The van der Waals surface area contributed by atoms with Crippen LogP contribution < -0.4 is 10.9 Å². The topological polar surface area (TPSA) is 101 Å².